The van der Waals surface area contributed by atoms with Crippen LogP contribution in [-0.4, -0.2) is 18.6 Å². The molecule has 2 rings (SSSR count). The Balaban J connectivity index is 1.87. The van der Waals surface area contributed by atoms with Crippen molar-refractivity contribution in [3.05, 3.63) is 29.8 Å². The summed E-state index contributed by atoms with van der Waals surface area (Å²) in [4.78, 5) is 0. The fraction of sp³-hybridized carbons (Fsp3) is 0.667. The lowest BCUT2D eigenvalue weighted by Crippen LogP contribution is -2.46. The molecular weight excluding hydrogens is 244 g/mol. The van der Waals surface area contributed by atoms with Crippen LogP contribution in [-0.2, 0) is 6.42 Å². The summed E-state index contributed by atoms with van der Waals surface area (Å²) in [6.45, 7) is 13.8. The van der Waals surface area contributed by atoms with Gasteiger partial charge in [-0.1, -0.05) is 39.0 Å². The molecule has 0 fully saturated rings. The SMILES string of the molecule is CC(C)(C)CC(C)(C)NCC1CNc2ccccc2C1. The van der Waals surface area contributed by atoms with Gasteiger partial charge < -0.3 is 10.6 Å². The zero-order valence-electron chi connectivity index (χ0n) is 13.7. The Morgan fingerprint density at radius 2 is 1.85 bits per heavy atom. The summed E-state index contributed by atoms with van der Waals surface area (Å²) in [5, 5.41) is 7.33. The predicted octanol–water partition coefficient (Wildman–Crippen LogP) is 4.08. The van der Waals surface area contributed by atoms with Crippen LogP contribution < -0.4 is 10.6 Å². The number of nitrogens with one attached hydrogen (secondary N) is 2. The second-order valence-corrected chi connectivity index (χ2v) is 8.11. The van der Waals surface area contributed by atoms with Crippen LogP contribution in [0.1, 0.15) is 46.6 Å². The molecule has 112 valence electrons. The largest absolute Gasteiger partial charge is 0.384 e. The van der Waals surface area contributed by atoms with Crippen LogP contribution in [0.25, 0.3) is 0 Å². The topological polar surface area (TPSA) is 24.1 Å². The Labute approximate surface area is 124 Å². The Kier molecular flexibility index (Phi) is 4.43. The Morgan fingerprint density at radius 1 is 1.15 bits per heavy atom. The number of hydrogen-bond donors (Lipinski definition) is 2. The maximum atomic E-state index is 3.78. The lowest BCUT2D eigenvalue weighted by atomic mass is 9.81. The normalized spacial score (nSPS) is 19.4. The summed E-state index contributed by atoms with van der Waals surface area (Å²) >= 11 is 0. The van der Waals surface area contributed by atoms with E-state index in [9.17, 15) is 0 Å². The molecule has 1 aliphatic rings. The van der Waals surface area contributed by atoms with E-state index in [1.807, 2.05) is 0 Å². The van der Waals surface area contributed by atoms with Gasteiger partial charge in [0.15, 0.2) is 0 Å². The van der Waals surface area contributed by atoms with Crippen LogP contribution >= 0.6 is 0 Å². The van der Waals surface area contributed by atoms with Gasteiger partial charge in [0.2, 0.25) is 0 Å². The Bertz CT molecular complexity index is 443. The molecule has 0 saturated carbocycles. The molecular formula is C18H30N2. The van der Waals surface area contributed by atoms with E-state index in [0.717, 1.165) is 13.1 Å². The molecule has 0 bridgehead atoms. The number of benzene rings is 1. The predicted molar refractivity (Wildman–Crippen MR) is 88.3 cm³/mol. The monoisotopic (exact) mass is 274 g/mol. The first-order valence-corrected chi connectivity index (χ1v) is 7.82. The number of hydrogen-bond acceptors (Lipinski definition) is 2. The van der Waals surface area contributed by atoms with Crippen molar-refractivity contribution in [1.29, 1.82) is 0 Å². The molecule has 1 heterocycles. The Hall–Kier alpha value is -1.02. The van der Waals surface area contributed by atoms with Gasteiger partial charge in [-0.25, -0.2) is 0 Å². The number of para-hydroxylation sites is 1. The van der Waals surface area contributed by atoms with Crippen LogP contribution in [0.15, 0.2) is 24.3 Å². The fourth-order valence-electron chi connectivity index (χ4n) is 3.46. The molecule has 0 amide bonds. The molecule has 1 aromatic carbocycles. The molecule has 1 unspecified atom stereocenters. The molecule has 20 heavy (non-hydrogen) atoms. The van der Waals surface area contributed by atoms with E-state index in [2.05, 4.69) is 69.5 Å². The fourth-order valence-corrected chi connectivity index (χ4v) is 3.46. The quantitative estimate of drug-likeness (QED) is 0.864. The zero-order chi connectivity index (χ0) is 14.8. The van der Waals surface area contributed by atoms with Gasteiger partial charge in [-0.2, -0.15) is 0 Å². The number of rotatable bonds is 4. The summed E-state index contributed by atoms with van der Waals surface area (Å²) in [5.41, 5.74) is 3.35. The third kappa shape index (κ3) is 4.52. The molecule has 0 radical (unpaired) electrons. The van der Waals surface area contributed by atoms with Crippen molar-refractivity contribution in [3.63, 3.8) is 0 Å². The van der Waals surface area contributed by atoms with Crippen LogP contribution in [0.4, 0.5) is 5.69 Å². The van der Waals surface area contributed by atoms with Crippen molar-refractivity contribution in [2.45, 2.75) is 53.0 Å². The molecule has 2 N–H and O–H groups in total. The standard InChI is InChI=1S/C18H30N2/c1-17(2,3)13-18(4,5)20-12-14-10-15-8-6-7-9-16(15)19-11-14/h6-9,14,19-20H,10-13H2,1-5H3. The van der Waals surface area contributed by atoms with Crippen molar-refractivity contribution in [3.8, 4) is 0 Å². The third-order valence-electron chi connectivity index (χ3n) is 3.95. The van der Waals surface area contributed by atoms with Crippen molar-refractivity contribution in [2.75, 3.05) is 18.4 Å². The highest BCUT2D eigenvalue weighted by atomic mass is 15.0. The average molecular weight is 274 g/mol. The second kappa shape index (κ2) is 5.77. The van der Waals surface area contributed by atoms with Gasteiger partial charge in [0.25, 0.3) is 0 Å². The van der Waals surface area contributed by atoms with Crippen molar-refractivity contribution < 1.29 is 0 Å². The van der Waals surface area contributed by atoms with Crippen molar-refractivity contribution >= 4 is 5.69 Å². The van der Waals surface area contributed by atoms with E-state index in [4.69, 9.17) is 0 Å². The van der Waals surface area contributed by atoms with E-state index >= 15 is 0 Å². The highest BCUT2D eigenvalue weighted by molar-refractivity contribution is 5.53. The average Bonchev–Trinajstić information content (AvgIpc) is 2.33. The molecule has 1 atom stereocenters. The molecule has 0 aromatic heterocycles. The lowest BCUT2D eigenvalue weighted by Gasteiger charge is -2.36. The summed E-state index contributed by atoms with van der Waals surface area (Å²) < 4.78 is 0. The number of fused-ring (bicyclic) bond motifs is 1. The van der Waals surface area contributed by atoms with E-state index in [-0.39, 0.29) is 5.54 Å². The first-order chi connectivity index (χ1) is 9.25. The molecule has 2 heteroatoms. The molecule has 0 aliphatic carbocycles. The summed E-state index contributed by atoms with van der Waals surface area (Å²) in [6, 6.07) is 8.67. The molecule has 0 spiro atoms. The molecule has 1 aliphatic heterocycles. The van der Waals surface area contributed by atoms with Gasteiger partial charge in [0.05, 0.1) is 0 Å². The van der Waals surface area contributed by atoms with Crippen molar-refractivity contribution in [2.24, 2.45) is 11.3 Å². The van der Waals surface area contributed by atoms with Crippen molar-refractivity contribution in [1.82, 2.24) is 5.32 Å². The van der Waals surface area contributed by atoms with E-state index < -0.39 is 0 Å². The Morgan fingerprint density at radius 3 is 2.55 bits per heavy atom. The minimum absolute atomic E-state index is 0.204. The van der Waals surface area contributed by atoms with Gasteiger partial charge in [-0.15, -0.1) is 0 Å². The molecule has 0 saturated heterocycles. The number of anilines is 1. The maximum absolute atomic E-state index is 3.78. The van der Waals surface area contributed by atoms with Gasteiger partial charge in [0.1, 0.15) is 0 Å². The van der Waals surface area contributed by atoms with Crippen LogP contribution in [0.5, 0.6) is 0 Å². The third-order valence-corrected chi connectivity index (χ3v) is 3.95. The van der Waals surface area contributed by atoms with Gasteiger partial charge in [-0.05, 0) is 49.7 Å². The minimum atomic E-state index is 0.204. The van der Waals surface area contributed by atoms with Crippen LogP contribution in [0.2, 0.25) is 0 Å². The first kappa shape index (κ1) is 15.4. The van der Waals surface area contributed by atoms with E-state index in [0.29, 0.717) is 11.3 Å². The van der Waals surface area contributed by atoms with Gasteiger partial charge >= 0.3 is 0 Å². The van der Waals surface area contributed by atoms with Gasteiger partial charge in [-0.3, -0.25) is 0 Å². The van der Waals surface area contributed by atoms with Gasteiger partial charge in [0, 0.05) is 24.3 Å². The summed E-state index contributed by atoms with van der Waals surface area (Å²) in [7, 11) is 0. The highest BCUT2D eigenvalue weighted by Gasteiger charge is 2.26. The molecule has 2 nitrogen and oxygen atoms in total. The maximum Gasteiger partial charge on any atom is 0.0372 e. The first-order valence-electron chi connectivity index (χ1n) is 7.82. The van der Waals surface area contributed by atoms with E-state index in [1.54, 1.807) is 0 Å². The molecule has 1 aromatic rings. The lowest BCUT2D eigenvalue weighted by molar-refractivity contribution is 0.232. The van der Waals surface area contributed by atoms with Crippen LogP contribution in [0.3, 0.4) is 0 Å². The summed E-state index contributed by atoms with van der Waals surface area (Å²) in [5.74, 6) is 0.684. The zero-order valence-corrected chi connectivity index (χ0v) is 13.7. The second-order valence-electron chi connectivity index (χ2n) is 8.11. The van der Waals surface area contributed by atoms with E-state index in [1.165, 1.54) is 24.1 Å². The summed E-state index contributed by atoms with van der Waals surface area (Å²) in [6.07, 6.45) is 2.37. The smallest absolute Gasteiger partial charge is 0.0372 e. The van der Waals surface area contributed by atoms with Crippen LogP contribution in [0, 0.1) is 11.3 Å². The highest BCUT2D eigenvalue weighted by Crippen LogP contribution is 2.28. The minimum Gasteiger partial charge on any atom is -0.384 e.